The molecule has 4 nitrogen and oxygen atoms in total. The number of ether oxygens (including phenoxy) is 1. The lowest BCUT2D eigenvalue weighted by Gasteiger charge is -2.38. The molecule has 5 heteroatoms. The number of hydrogen-bond donors (Lipinski definition) is 2. The highest BCUT2D eigenvalue weighted by atomic mass is 127. The Morgan fingerprint density at radius 3 is 2.24 bits per heavy atom. The number of nitrogens with one attached hydrogen (secondary N) is 2. The molecule has 0 aromatic heterocycles. The third-order valence-corrected chi connectivity index (χ3v) is 5.21. The van der Waals surface area contributed by atoms with Crippen molar-refractivity contribution in [3.8, 4) is 0 Å². The molecule has 0 unspecified atom stereocenters. The minimum Gasteiger partial charge on any atom is -0.380 e. The third kappa shape index (κ3) is 5.84. The molecule has 0 saturated carbocycles. The monoisotopic (exact) mass is 459 g/mol. The van der Waals surface area contributed by atoms with E-state index in [1.165, 1.54) is 5.56 Å². The first-order valence-corrected chi connectivity index (χ1v) is 9.23. The number of guanidine groups is 1. The highest BCUT2D eigenvalue weighted by Crippen LogP contribution is 2.32. The van der Waals surface area contributed by atoms with Gasteiger partial charge in [-0.1, -0.05) is 51.1 Å². The summed E-state index contributed by atoms with van der Waals surface area (Å²) in [7, 11) is 0. The molecule has 2 N–H and O–H groups in total. The second-order valence-corrected chi connectivity index (χ2v) is 7.21. The van der Waals surface area contributed by atoms with E-state index in [-0.39, 0.29) is 34.8 Å². The Hall–Kier alpha value is -0.820. The molecule has 1 aliphatic rings. The van der Waals surface area contributed by atoms with Crippen molar-refractivity contribution in [1.29, 1.82) is 0 Å². The smallest absolute Gasteiger partial charge is 0.191 e. The van der Waals surface area contributed by atoms with Crippen LogP contribution in [0.2, 0.25) is 0 Å². The van der Waals surface area contributed by atoms with Crippen LogP contribution >= 0.6 is 24.0 Å². The van der Waals surface area contributed by atoms with Crippen molar-refractivity contribution in [1.82, 2.24) is 10.6 Å². The Bertz CT molecular complexity index is 525. The minimum atomic E-state index is 0. The zero-order chi connectivity index (χ0) is 17.5. The molecule has 0 atom stereocenters. The number of nitrogens with zero attached hydrogens (tertiary/aromatic N) is 1. The minimum absolute atomic E-state index is 0. The lowest BCUT2D eigenvalue weighted by Crippen LogP contribution is -2.51. The van der Waals surface area contributed by atoms with Gasteiger partial charge in [-0.3, -0.25) is 4.99 Å². The summed E-state index contributed by atoms with van der Waals surface area (Å²) in [5.41, 5.74) is 1.73. The van der Waals surface area contributed by atoms with Gasteiger partial charge in [0, 0.05) is 23.9 Å². The lowest BCUT2D eigenvalue weighted by molar-refractivity contribution is -0.0971. The van der Waals surface area contributed by atoms with Crippen LogP contribution in [0.1, 0.15) is 46.1 Å². The van der Waals surface area contributed by atoms with Crippen LogP contribution in [-0.2, 0) is 10.2 Å². The molecular formula is C20H34IN3O. The van der Waals surface area contributed by atoms with Crippen LogP contribution in [0.25, 0.3) is 0 Å². The SMILES string of the molecule is CCNC(=NCC(CC)(CC)c1ccccc1)NCC1(C)COC1.I. The molecule has 1 saturated heterocycles. The fraction of sp³-hybridized carbons (Fsp3) is 0.650. The Kier molecular flexibility index (Phi) is 9.21. The topological polar surface area (TPSA) is 45.7 Å². The van der Waals surface area contributed by atoms with Crippen LogP contribution in [0, 0.1) is 5.41 Å². The molecule has 0 radical (unpaired) electrons. The number of rotatable bonds is 8. The molecule has 1 heterocycles. The molecule has 25 heavy (non-hydrogen) atoms. The van der Waals surface area contributed by atoms with Gasteiger partial charge in [0.2, 0.25) is 0 Å². The fourth-order valence-electron chi connectivity index (χ4n) is 3.19. The maximum atomic E-state index is 5.34. The summed E-state index contributed by atoms with van der Waals surface area (Å²) in [6.07, 6.45) is 2.17. The quantitative estimate of drug-likeness (QED) is 0.352. The number of benzene rings is 1. The maximum absolute atomic E-state index is 5.34. The van der Waals surface area contributed by atoms with E-state index >= 15 is 0 Å². The van der Waals surface area contributed by atoms with Crippen molar-refractivity contribution in [2.24, 2.45) is 10.4 Å². The van der Waals surface area contributed by atoms with E-state index in [4.69, 9.17) is 9.73 Å². The Labute approximate surface area is 170 Å². The second kappa shape index (κ2) is 10.4. The van der Waals surface area contributed by atoms with Gasteiger partial charge in [0.25, 0.3) is 0 Å². The van der Waals surface area contributed by atoms with Crippen molar-refractivity contribution in [3.05, 3.63) is 35.9 Å². The Morgan fingerprint density at radius 1 is 1.12 bits per heavy atom. The molecule has 1 aromatic rings. The van der Waals surface area contributed by atoms with Gasteiger partial charge in [-0.25, -0.2) is 0 Å². The molecule has 2 rings (SSSR count). The second-order valence-electron chi connectivity index (χ2n) is 7.21. The average molecular weight is 459 g/mol. The van der Waals surface area contributed by atoms with Crippen LogP contribution in [0.15, 0.2) is 35.3 Å². The zero-order valence-electron chi connectivity index (χ0n) is 16.1. The van der Waals surface area contributed by atoms with Gasteiger partial charge in [0.05, 0.1) is 19.8 Å². The van der Waals surface area contributed by atoms with E-state index < -0.39 is 0 Å². The van der Waals surface area contributed by atoms with Crippen LogP contribution in [-0.4, -0.2) is 38.8 Å². The van der Waals surface area contributed by atoms with Crippen molar-refractivity contribution in [2.75, 3.05) is 32.8 Å². The van der Waals surface area contributed by atoms with Gasteiger partial charge < -0.3 is 15.4 Å². The van der Waals surface area contributed by atoms with Gasteiger partial charge >= 0.3 is 0 Å². The summed E-state index contributed by atoms with van der Waals surface area (Å²) < 4.78 is 5.34. The highest BCUT2D eigenvalue weighted by molar-refractivity contribution is 14.0. The number of hydrogen-bond acceptors (Lipinski definition) is 2. The molecular weight excluding hydrogens is 425 g/mol. The van der Waals surface area contributed by atoms with E-state index in [1.807, 2.05) is 0 Å². The van der Waals surface area contributed by atoms with E-state index in [0.717, 1.165) is 51.6 Å². The molecule has 1 aliphatic heterocycles. The first-order valence-electron chi connectivity index (χ1n) is 9.23. The van der Waals surface area contributed by atoms with Gasteiger partial charge in [-0.05, 0) is 25.3 Å². The molecule has 0 aliphatic carbocycles. The van der Waals surface area contributed by atoms with Gasteiger partial charge in [0.15, 0.2) is 5.96 Å². The number of halogens is 1. The standard InChI is InChI=1S/C20H33N3O.HI/c1-5-20(6-2,17-11-9-8-10-12-17)14-23-18(21-7-3)22-13-19(4)15-24-16-19;/h8-12H,5-7,13-16H2,1-4H3,(H2,21,22,23);1H. The molecule has 0 bridgehead atoms. The van der Waals surface area contributed by atoms with Crippen molar-refractivity contribution in [2.45, 2.75) is 46.0 Å². The molecule has 0 spiro atoms. The van der Waals surface area contributed by atoms with Crippen LogP contribution < -0.4 is 10.6 Å². The summed E-state index contributed by atoms with van der Waals surface area (Å²) in [5, 5.41) is 6.87. The first kappa shape index (κ1) is 22.2. The van der Waals surface area contributed by atoms with E-state index in [1.54, 1.807) is 0 Å². The summed E-state index contributed by atoms with van der Waals surface area (Å²) >= 11 is 0. The van der Waals surface area contributed by atoms with Gasteiger partial charge in [-0.2, -0.15) is 0 Å². The normalized spacial score (nSPS) is 16.6. The molecule has 142 valence electrons. The van der Waals surface area contributed by atoms with E-state index in [9.17, 15) is 0 Å². The Balaban J connectivity index is 0.00000312. The summed E-state index contributed by atoms with van der Waals surface area (Å²) in [6, 6.07) is 10.8. The molecule has 0 amide bonds. The fourth-order valence-corrected chi connectivity index (χ4v) is 3.19. The lowest BCUT2D eigenvalue weighted by atomic mass is 9.76. The average Bonchev–Trinajstić information content (AvgIpc) is 2.60. The van der Waals surface area contributed by atoms with E-state index in [2.05, 4.69) is 68.7 Å². The molecule has 1 aromatic carbocycles. The summed E-state index contributed by atoms with van der Waals surface area (Å²) in [5.74, 6) is 0.910. The van der Waals surface area contributed by atoms with Crippen LogP contribution in [0.3, 0.4) is 0 Å². The predicted octanol–water partition coefficient (Wildman–Crippen LogP) is 3.95. The van der Waals surface area contributed by atoms with Crippen molar-refractivity contribution >= 4 is 29.9 Å². The zero-order valence-corrected chi connectivity index (χ0v) is 18.4. The van der Waals surface area contributed by atoms with E-state index in [0.29, 0.717) is 0 Å². The Morgan fingerprint density at radius 2 is 1.76 bits per heavy atom. The largest absolute Gasteiger partial charge is 0.380 e. The number of aliphatic imine (C=N–C) groups is 1. The summed E-state index contributed by atoms with van der Waals surface area (Å²) in [4.78, 5) is 4.92. The predicted molar refractivity (Wildman–Crippen MR) is 117 cm³/mol. The van der Waals surface area contributed by atoms with Crippen molar-refractivity contribution in [3.63, 3.8) is 0 Å². The third-order valence-electron chi connectivity index (χ3n) is 5.21. The maximum Gasteiger partial charge on any atom is 0.191 e. The first-order chi connectivity index (χ1) is 11.6. The molecule has 1 fully saturated rings. The van der Waals surface area contributed by atoms with Gasteiger partial charge in [0.1, 0.15) is 0 Å². The van der Waals surface area contributed by atoms with Crippen LogP contribution in [0.5, 0.6) is 0 Å². The van der Waals surface area contributed by atoms with Crippen LogP contribution in [0.4, 0.5) is 0 Å². The highest BCUT2D eigenvalue weighted by Gasteiger charge is 2.33. The van der Waals surface area contributed by atoms with Gasteiger partial charge in [-0.15, -0.1) is 24.0 Å². The van der Waals surface area contributed by atoms with Crippen molar-refractivity contribution < 1.29 is 4.74 Å². The summed E-state index contributed by atoms with van der Waals surface area (Å²) in [6.45, 7) is 13.1.